The first-order valence-electron chi connectivity index (χ1n) is 13.3. The van der Waals surface area contributed by atoms with E-state index in [9.17, 15) is 19.2 Å². The number of thiazole rings is 1. The molecule has 0 saturated carbocycles. The number of aryl methyl sites for hydroxylation is 1. The minimum absolute atomic E-state index is 0.234. The third kappa shape index (κ3) is 5.14. The van der Waals surface area contributed by atoms with Crippen molar-refractivity contribution < 1.29 is 23.9 Å². The van der Waals surface area contributed by atoms with Crippen LogP contribution in [0.15, 0.2) is 76.6 Å². The molecule has 1 fully saturated rings. The van der Waals surface area contributed by atoms with Crippen LogP contribution in [0.1, 0.15) is 44.8 Å². The molecule has 1 N–H and O–H groups in total. The minimum atomic E-state index is -0.814. The summed E-state index contributed by atoms with van der Waals surface area (Å²) in [6, 6.07) is 19.4. The van der Waals surface area contributed by atoms with Gasteiger partial charge in [-0.1, -0.05) is 64.5 Å². The summed E-state index contributed by atoms with van der Waals surface area (Å²) in [6.07, 6.45) is 0. The number of nitrogens with zero attached hydrogens (tertiary/aromatic N) is 1. The highest BCUT2D eigenvalue weighted by atomic mass is 35.5. The quantitative estimate of drug-likeness (QED) is 0.201. The molecule has 4 aromatic rings. The fourth-order valence-corrected chi connectivity index (χ4v) is 7.99. The summed E-state index contributed by atoms with van der Waals surface area (Å²) in [5.74, 6) is -2.23. The Balaban J connectivity index is 1.39. The maximum absolute atomic E-state index is 14.1. The van der Waals surface area contributed by atoms with Crippen molar-refractivity contribution in [3.05, 3.63) is 109 Å². The SMILES string of the molecule is CCOC(=O)c1ccc(N2C(=O)[C@H]3[C@H](c4cc(Cl)ccc4OCc4ccc(C)cc4)c4sc(=O)[nH]c4S[C@H]3C2=O)cc1. The molecule has 1 saturated heterocycles. The molecule has 3 heterocycles. The topological polar surface area (TPSA) is 106 Å². The number of aromatic amines is 1. The smallest absolute Gasteiger partial charge is 0.338 e. The second-order valence-corrected chi connectivity index (χ2v) is 12.6. The lowest BCUT2D eigenvalue weighted by Gasteiger charge is -2.31. The zero-order valence-corrected chi connectivity index (χ0v) is 25.0. The van der Waals surface area contributed by atoms with Crippen molar-refractivity contribution in [2.75, 3.05) is 11.5 Å². The Bertz CT molecular complexity index is 1750. The average Bonchev–Trinajstić information content (AvgIpc) is 3.47. The zero-order valence-electron chi connectivity index (χ0n) is 22.6. The maximum Gasteiger partial charge on any atom is 0.338 e. The van der Waals surface area contributed by atoms with Crippen LogP contribution in [-0.4, -0.2) is 34.6 Å². The summed E-state index contributed by atoms with van der Waals surface area (Å²) in [4.78, 5) is 57.0. The van der Waals surface area contributed by atoms with Gasteiger partial charge in [0.2, 0.25) is 11.8 Å². The fourth-order valence-electron chi connectivity index (χ4n) is 5.31. The summed E-state index contributed by atoms with van der Waals surface area (Å²) >= 11 is 8.68. The number of esters is 1. The van der Waals surface area contributed by atoms with Crippen LogP contribution in [0, 0.1) is 12.8 Å². The van der Waals surface area contributed by atoms with Crippen LogP contribution in [0.3, 0.4) is 0 Å². The Hall–Kier alpha value is -3.86. The number of rotatable bonds is 7. The molecular weight excluding hydrogens is 596 g/mol. The van der Waals surface area contributed by atoms with Crippen LogP contribution in [0.2, 0.25) is 5.02 Å². The number of amides is 2. The number of thioether (sulfide) groups is 1. The molecule has 42 heavy (non-hydrogen) atoms. The Labute approximate surface area is 254 Å². The summed E-state index contributed by atoms with van der Waals surface area (Å²) < 4.78 is 11.3. The van der Waals surface area contributed by atoms with E-state index in [0.717, 1.165) is 27.4 Å². The van der Waals surface area contributed by atoms with Gasteiger partial charge in [-0.25, -0.2) is 9.69 Å². The molecule has 11 heteroatoms. The summed E-state index contributed by atoms with van der Waals surface area (Å²) in [5, 5.41) is 0.213. The molecule has 1 aromatic heterocycles. The molecule has 0 aliphatic carbocycles. The predicted molar refractivity (Wildman–Crippen MR) is 162 cm³/mol. The number of benzene rings is 3. The number of carbonyl (C=O) groups excluding carboxylic acids is 3. The van der Waals surface area contributed by atoms with Crippen LogP contribution >= 0.6 is 34.7 Å². The first kappa shape index (κ1) is 28.3. The molecule has 0 unspecified atom stereocenters. The third-order valence-corrected chi connectivity index (χ3v) is 9.92. The van der Waals surface area contributed by atoms with Gasteiger partial charge in [0.1, 0.15) is 17.6 Å². The van der Waals surface area contributed by atoms with Crippen molar-refractivity contribution in [2.45, 2.75) is 36.6 Å². The third-order valence-electron chi connectivity index (χ3n) is 7.28. The van der Waals surface area contributed by atoms with Gasteiger partial charge in [-0.2, -0.15) is 0 Å². The molecule has 2 amide bonds. The Morgan fingerprint density at radius 2 is 1.74 bits per heavy atom. The van der Waals surface area contributed by atoms with Gasteiger partial charge in [0.05, 0.1) is 28.8 Å². The van der Waals surface area contributed by atoms with E-state index in [-0.39, 0.29) is 18.1 Å². The van der Waals surface area contributed by atoms with Crippen LogP contribution in [0.5, 0.6) is 5.75 Å². The van der Waals surface area contributed by atoms with E-state index in [1.54, 1.807) is 37.3 Å². The molecule has 2 aliphatic heterocycles. The van der Waals surface area contributed by atoms with E-state index in [4.69, 9.17) is 21.1 Å². The van der Waals surface area contributed by atoms with Crippen LogP contribution in [0.4, 0.5) is 5.69 Å². The van der Waals surface area contributed by atoms with Crippen LogP contribution in [-0.2, 0) is 20.9 Å². The van der Waals surface area contributed by atoms with Crippen molar-refractivity contribution in [2.24, 2.45) is 5.92 Å². The van der Waals surface area contributed by atoms with Crippen LogP contribution in [0.25, 0.3) is 0 Å². The Morgan fingerprint density at radius 1 is 1.00 bits per heavy atom. The van der Waals surface area contributed by atoms with Gasteiger partial charge < -0.3 is 14.5 Å². The fraction of sp³-hybridized carbons (Fsp3) is 0.226. The average molecular weight is 621 g/mol. The molecule has 2 aliphatic rings. The van der Waals surface area contributed by atoms with Crippen molar-refractivity contribution >= 4 is 58.2 Å². The number of aromatic nitrogens is 1. The molecule has 0 spiro atoms. The Kier molecular flexibility index (Phi) is 7.69. The lowest BCUT2D eigenvalue weighted by Crippen LogP contribution is -2.32. The van der Waals surface area contributed by atoms with Gasteiger partial charge in [-0.15, -0.1) is 0 Å². The van der Waals surface area contributed by atoms with E-state index in [2.05, 4.69) is 4.98 Å². The number of halogens is 1. The highest BCUT2D eigenvalue weighted by Gasteiger charge is 2.56. The summed E-state index contributed by atoms with van der Waals surface area (Å²) in [5.41, 5.74) is 3.40. The van der Waals surface area contributed by atoms with E-state index < -0.39 is 34.9 Å². The summed E-state index contributed by atoms with van der Waals surface area (Å²) in [6.45, 7) is 4.25. The van der Waals surface area contributed by atoms with Crippen molar-refractivity contribution in [1.29, 1.82) is 0 Å². The maximum atomic E-state index is 14.1. The van der Waals surface area contributed by atoms with E-state index in [1.807, 2.05) is 31.2 Å². The van der Waals surface area contributed by atoms with Gasteiger partial charge in [-0.05, 0) is 61.9 Å². The van der Waals surface area contributed by atoms with Crippen LogP contribution < -0.4 is 14.5 Å². The van der Waals surface area contributed by atoms with Crippen molar-refractivity contribution in [3.63, 3.8) is 0 Å². The normalized spacial score (nSPS) is 19.4. The summed E-state index contributed by atoms with van der Waals surface area (Å²) in [7, 11) is 0. The number of hydrogen-bond acceptors (Lipinski definition) is 8. The number of H-pyrrole nitrogens is 1. The lowest BCUT2D eigenvalue weighted by molar-refractivity contribution is -0.122. The highest BCUT2D eigenvalue weighted by molar-refractivity contribution is 8.00. The molecule has 8 nitrogen and oxygen atoms in total. The first-order valence-corrected chi connectivity index (χ1v) is 15.3. The number of ether oxygens (including phenoxy) is 2. The molecule has 3 atom stereocenters. The molecule has 6 rings (SSSR count). The molecule has 214 valence electrons. The lowest BCUT2D eigenvalue weighted by atomic mass is 9.82. The molecule has 3 aromatic carbocycles. The highest BCUT2D eigenvalue weighted by Crippen LogP contribution is 2.54. The van der Waals surface area contributed by atoms with Gasteiger partial charge >= 0.3 is 10.8 Å². The standard InChI is InChI=1S/C31H25ClN2O6S2/c1-3-39-30(37)18-8-11-20(12-9-18)34-28(35)24-23(25-27(33-31(38)42-25)41-26(24)29(34)36)21-14-19(32)10-13-22(21)40-15-17-6-4-16(2)5-7-17/h4-14,23-24,26H,3,15H2,1-2H3,(H,33,38)/t23-,24-,26+/m0/s1. The van der Waals surface area contributed by atoms with Gasteiger partial charge in [0, 0.05) is 21.4 Å². The monoisotopic (exact) mass is 620 g/mol. The zero-order chi connectivity index (χ0) is 29.5. The number of nitrogens with one attached hydrogen (secondary N) is 1. The van der Waals surface area contributed by atoms with Crippen molar-refractivity contribution in [3.8, 4) is 5.75 Å². The first-order chi connectivity index (χ1) is 20.2. The largest absolute Gasteiger partial charge is 0.489 e. The van der Waals surface area contributed by atoms with Gasteiger partial charge in [0.25, 0.3) is 0 Å². The minimum Gasteiger partial charge on any atom is -0.489 e. The number of fused-ring (bicyclic) bond motifs is 2. The second kappa shape index (κ2) is 11.4. The number of anilines is 1. The van der Waals surface area contributed by atoms with Gasteiger partial charge in [-0.3, -0.25) is 14.4 Å². The molecule has 0 bridgehead atoms. The van der Waals surface area contributed by atoms with E-state index in [0.29, 0.717) is 37.5 Å². The van der Waals surface area contributed by atoms with Crippen molar-refractivity contribution in [1.82, 2.24) is 4.98 Å². The molecule has 0 radical (unpaired) electrons. The van der Waals surface area contributed by atoms with E-state index >= 15 is 0 Å². The molecular formula is C31H25ClN2O6S2. The predicted octanol–water partition coefficient (Wildman–Crippen LogP) is 5.95. The van der Waals surface area contributed by atoms with Gasteiger partial charge in [0.15, 0.2) is 0 Å². The van der Waals surface area contributed by atoms with E-state index in [1.165, 1.54) is 23.9 Å². The number of imide groups is 1. The number of carbonyl (C=O) groups is 3. The number of hydrogen-bond donors (Lipinski definition) is 1. The Morgan fingerprint density at radius 3 is 2.45 bits per heavy atom. The second-order valence-electron chi connectivity index (χ2n) is 9.99.